The third-order valence-corrected chi connectivity index (χ3v) is 1.71. The average molecular weight is 186 g/mol. The minimum atomic E-state index is 0.549. The fraction of sp³-hybridized carbons (Fsp3) is 0.750. The molecule has 0 heterocycles. The number of nitrogens with zero attached hydrogens (tertiary/aromatic N) is 2. The molecule has 0 rings (SSSR count). The van der Waals surface area contributed by atoms with Crippen molar-refractivity contribution in [3.8, 4) is 0 Å². The van der Waals surface area contributed by atoms with Crippen molar-refractivity contribution in [1.29, 1.82) is 0 Å². The molecule has 5 heteroatoms. The molecule has 0 aromatic heterocycles. The predicted molar refractivity (Wildman–Crippen MR) is 53.7 cm³/mol. The number of rotatable bonds is 5. The summed E-state index contributed by atoms with van der Waals surface area (Å²) < 4.78 is 0. The third kappa shape index (κ3) is 4.47. The van der Waals surface area contributed by atoms with Crippen LogP contribution >= 0.6 is 0 Å². The van der Waals surface area contributed by atoms with Gasteiger partial charge in [-0.05, 0) is 14.0 Å². The van der Waals surface area contributed by atoms with Crippen LogP contribution in [-0.2, 0) is 4.79 Å². The summed E-state index contributed by atoms with van der Waals surface area (Å²) in [6.45, 7) is 4.55. The van der Waals surface area contributed by atoms with Crippen molar-refractivity contribution >= 4 is 12.4 Å². The molecule has 2 N–H and O–H groups in total. The highest BCUT2D eigenvalue weighted by Crippen LogP contribution is 1.87. The first kappa shape index (κ1) is 11.9. The summed E-state index contributed by atoms with van der Waals surface area (Å²) in [5.41, 5.74) is 0. The SMILES string of the molecule is CCN(CCNC)/C(=N/C=O)NC. The summed E-state index contributed by atoms with van der Waals surface area (Å²) >= 11 is 0. The summed E-state index contributed by atoms with van der Waals surface area (Å²) in [5, 5.41) is 5.92. The van der Waals surface area contributed by atoms with Gasteiger partial charge >= 0.3 is 0 Å². The van der Waals surface area contributed by atoms with Gasteiger partial charge in [-0.1, -0.05) is 0 Å². The molecule has 0 aromatic carbocycles. The molecule has 0 saturated carbocycles. The van der Waals surface area contributed by atoms with Crippen LogP contribution in [0.25, 0.3) is 0 Å². The minimum absolute atomic E-state index is 0.549. The van der Waals surface area contributed by atoms with Gasteiger partial charge in [-0.15, -0.1) is 0 Å². The summed E-state index contributed by atoms with van der Waals surface area (Å²) in [4.78, 5) is 15.9. The Morgan fingerprint density at radius 2 is 2.23 bits per heavy atom. The van der Waals surface area contributed by atoms with Gasteiger partial charge in [0.1, 0.15) is 0 Å². The summed E-state index contributed by atoms with van der Waals surface area (Å²) in [7, 11) is 3.65. The second-order valence-electron chi connectivity index (χ2n) is 2.49. The molecule has 0 spiro atoms. The van der Waals surface area contributed by atoms with E-state index in [0.717, 1.165) is 19.6 Å². The lowest BCUT2D eigenvalue weighted by atomic mass is 10.5. The van der Waals surface area contributed by atoms with E-state index in [0.29, 0.717) is 12.4 Å². The van der Waals surface area contributed by atoms with E-state index >= 15 is 0 Å². The predicted octanol–water partition coefficient (Wildman–Crippen LogP) is -0.740. The minimum Gasteiger partial charge on any atom is -0.359 e. The average Bonchev–Trinajstić information content (AvgIpc) is 2.17. The van der Waals surface area contributed by atoms with Crippen LogP contribution in [0.5, 0.6) is 0 Å². The fourth-order valence-electron chi connectivity index (χ4n) is 1.01. The van der Waals surface area contributed by atoms with Crippen molar-refractivity contribution < 1.29 is 4.79 Å². The Bertz CT molecular complexity index is 170. The maximum absolute atomic E-state index is 10.2. The van der Waals surface area contributed by atoms with E-state index in [2.05, 4.69) is 15.6 Å². The standard InChI is InChI=1S/C8H18N4O/c1-4-12(6-5-9-2)8(10-3)11-7-13/h7,9H,4-6H2,1-3H3,(H,10,11,13). The number of guanidine groups is 1. The quantitative estimate of drug-likeness (QED) is 0.337. The highest BCUT2D eigenvalue weighted by Gasteiger charge is 2.05. The molecule has 0 aliphatic rings. The molecule has 0 saturated heterocycles. The van der Waals surface area contributed by atoms with Crippen molar-refractivity contribution in [2.45, 2.75) is 6.92 Å². The summed E-state index contributed by atoms with van der Waals surface area (Å²) in [6, 6.07) is 0. The maximum atomic E-state index is 10.2. The van der Waals surface area contributed by atoms with Gasteiger partial charge in [-0.25, -0.2) is 0 Å². The Morgan fingerprint density at radius 3 is 2.62 bits per heavy atom. The lowest BCUT2D eigenvalue weighted by Gasteiger charge is -2.23. The molecule has 0 aliphatic heterocycles. The van der Waals surface area contributed by atoms with Crippen LogP contribution in [0.15, 0.2) is 4.99 Å². The zero-order chi connectivity index (χ0) is 10.1. The smallest absolute Gasteiger partial charge is 0.236 e. The molecule has 5 nitrogen and oxygen atoms in total. The highest BCUT2D eigenvalue weighted by atomic mass is 16.1. The Balaban J connectivity index is 4.16. The summed E-state index contributed by atoms with van der Waals surface area (Å²) in [5.74, 6) is 0.618. The molecular weight excluding hydrogens is 168 g/mol. The second-order valence-corrected chi connectivity index (χ2v) is 2.49. The Hall–Kier alpha value is -1.10. The van der Waals surface area contributed by atoms with Crippen molar-refractivity contribution in [3.05, 3.63) is 0 Å². The van der Waals surface area contributed by atoms with Crippen molar-refractivity contribution in [2.24, 2.45) is 4.99 Å². The van der Waals surface area contributed by atoms with Crippen LogP contribution in [0.3, 0.4) is 0 Å². The van der Waals surface area contributed by atoms with Gasteiger partial charge in [0.05, 0.1) is 0 Å². The number of nitrogens with one attached hydrogen (secondary N) is 2. The molecule has 76 valence electrons. The van der Waals surface area contributed by atoms with Crippen LogP contribution in [0.1, 0.15) is 6.92 Å². The van der Waals surface area contributed by atoms with Gasteiger partial charge in [0, 0.05) is 26.7 Å². The van der Waals surface area contributed by atoms with Crippen molar-refractivity contribution in [1.82, 2.24) is 15.5 Å². The molecule has 0 aliphatic carbocycles. The Morgan fingerprint density at radius 1 is 1.54 bits per heavy atom. The number of hydrogen-bond acceptors (Lipinski definition) is 2. The first-order valence-corrected chi connectivity index (χ1v) is 4.38. The topological polar surface area (TPSA) is 56.7 Å². The van der Waals surface area contributed by atoms with Gasteiger partial charge in [0.2, 0.25) is 12.4 Å². The highest BCUT2D eigenvalue weighted by molar-refractivity contribution is 5.85. The van der Waals surface area contributed by atoms with Crippen LogP contribution in [0.2, 0.25) is 0 Å². The number of likely N-dealkylation sites (N-methyl/N-ethyl adjacent to an activating group) is 2. The largest absolute Gasteiger partial charge is 0.359 e. The van der Waals surface area contributed by atoms with Gasteiger partial charge in [0.15, 0.2) is 0 Å². The number of aliphatic imine (C=N–C) groups is 1. The van der Waals surface area contributed by atoms with Crippen molar-refractivity contribution in [3.63, 3.8) is 0 Å². The van der Waals surface area contributed by atoms with E-state index in [1.165, 1.54) is 0 Å². The molecular formula is C8H18N4O. The number of carbonyl (C=O) groups excluding carboxylic acids is 1. The monoisotopic (exact) mass is 186 g/mol. The van der Waals surface area contributed by atoms with E-state index in [1.807, 2.05) is 18.9 Å². The molecule has 0 aromatic rings. The fourth-order valence-corrected chi connectivity index (χ4v) is 1.01. The van der Waals surface area contributed by atoms with Gasteiger partial charge in [-0.3, -0.25) is 4.79 Å². The molecule has 0 radical (unpaired) electrons. The number of amides is 1. The molecule has 0 fully saturated rings. The Labute approximate surface area is 79.2 Å². The number of hydrogen-bond donors (Lipinski definition) is 2. The van der Waals surface area contributed by atoms with E-state index in [-0.39, 0.29) is 0 Å². The van der Waals surface area contributed by atoms with Crippen LogP contribution < -0.4 is 10.6 Å². The lowest BCUT2D eigenvalue weighted by Crippen LogP contribution is -2.42. The molecule has 1 amide bonds. The molecule has 13 heavy (non-hydrogen) atoms. The first-order valence-electron chi connectivity index (χ1n) is 4.38. The second kappa shape index (κ2) is 7.54. The third-order valence-electron chi connectivity index (χ3n) is 1.71. The van der Waals surface area contributed by atoms with E-state index in [4.69, 9.17) is 0 Å². The summed E-state index contributed by atoms with van der Waals surface area (Å²) in [6.07, 6.45) is 0.549. The van der Waals surface area contributed by atoms with Gasteiger partial charge in [-0.2, -0.15) is 4.99 Å². The van der Waals surface area contributed by atoms with E-state index in [9.17, 15) is 4.79 Å². The van der Waals surface area contributed by atoms with Gasteiger partial charge in [0.25, 0.3) is 0 Å². The van der Waals surface area contributed by atoms with Crippen LogP contribution in [0, 0.1) is 0 Å². The number of carbonyl (C=O) groups is 1. The van der Waals surface area contributed by atoms with Crippen LogP contribution in [0.4, 0.5) is 0 Å². The maximum Gasteiger partial charge on any atom is 0.236 e. The van der Waals surface area contributed by atoms with Crippen LogP contribution in [-0.4, -0.2) is 51.0 Å². The zero-order valence-corrected chi connectivity index (χ0v) is 8.50. The lowest BCUT2D eigenvalue weighted by molar-refractivity contribution is -0.106. The molecule has 0 bridgehead atoms. The Kier molecular flexibility index (Phi) is 6.91. The zero-order valence-electron chi connectivity index (χ0n) is 8.50. The first-order chi connectivity index (χ1) is 6.29. The van der Waals surface area contributed by atoms with E-state index < -0.39 is 0 Å². The van der Waals surface area contributed by atoms with Gasteiger partial charge < -0.3 is 15.5 Å². The van der Waals surface area contributed by atoms with E-state index in [1.54, 1.807) is 7.05 Å². The molecule has 0 unspecified atom stereocenters. The molecule has 0 atom stereocenters. The van der Waals surface area contributed by atoms with Crippen molar-refractivity contribution in [2.75, 3.05) is 33.7 Å². The normalized spacial score (nSPS) is 11.2.